The van der Waals surface area contributed by atoms with E-state index in [1.807, 2.05) is 121 Å². The lowest BCUT2D eigenvalue weighted by Crippen LogP contribution is -2.39. The number of aliphatic hydroxyl groups excluding tert-OH is 3. The number of ether oxygens (including phenoxy) is 13. The predicted molar refractivity (Wildman–Crippen MR) is 508 cm³/mol. The monoisotopic (exact) mass is 1840 g/mol. The molecule has 0 radical (unpaired) electrons. The van der Waals surface area contributed by atoms with E-state index in [9.17, 15) is 58.5 Å². The molecule has 0 saturated carbocycles. The number of carbonyl (C=O) groups is 9. The Kier molecular flexibility index (Phi) is 76.1. The molecular weight excluding hydrogens is 1660 g/mol. The zero-order valence-electron chi connectivity index (χ0n) is 86.4. The summed E-state index contributed by atoms with van der Waals surface area (Å²) in [4.78, 5) is 110. The van der Waals surface area contributed by atoms with Crippen LogP contribution in [0.4, 0.5) is 0 Å². The van der Waals surface area contributed by atoms with Crippen molar-refractivity contribution in [2.75, 3.05) is 85.1 Å². The first-order valence-corrected chi connectivity index (χ1v) is 47.6. The molecule has 28 atom stereocenters. The van der Waals surface area contributed by atoms with E-state index < -0.39 is 0 Å². The van der Waals surface area contributed by atoms with Gasteiger partial charge in [-0.2, -0.15) is 0 Å². The van der Waals surface area contributed by atoms with Gasteiger partial charge in [0.2, 0.25) is 25.6 Å². The van der Waals surface area contributed by atoms with Crippen molar-refractivity contribution in [3.8, 4) is 0 Å². The molecule has 0 aromatic heterocycles. The van der Waals surface area contributed by atoms with Crippen LogP contribution in [-0.2, 0) is 105 Å². The third-order valence-corrected chi connectivity index (χ3v) is 25.0. The summed E-state index contributed by atoms with van der Waals surface area (Å²) >= 11 is 0. The number of methoxy groups -OCH3 is 8. The van der Waals surface area contributed by atoms with Crippen LogP contribution in [0.1, 0.15) is 281 Å². The summed E-state index contributed by atoms with van der Waals surface area (Å²) in [6, 6.07) is 0. The molecule has 0 aromatic carbocycles. The fourth-order valence-electron chi connectivity index (χ4n) is 15.7. The van der Waals surface area contributed by atoms with Crippen molar-refractivity contribution in [2.24, 2.45) is 76.9 Å². The number of aliphatic hydroxyl groups is 3. The van der Waals surface area contributed by atoms with E-state index in [2.05, 4.69) is 27.7 Å². The van der Waals surface area contributed by atoms with Crippen molar-refractivity contribution in [1.82, 2.24) is 19.6 Å². The van der Waals surface area contributed by atoms with E-state index in [-0.39, 0.29) is 204 Å². The molecule has 29 nitrogen and oxygen atoms in total. The number of amides is 4. The van der Waals surface area contributed by atoms with Gasteiger partial charge < -0.3 is 96.5 Å². The van der Waals surface area contributed by atoms with Crippen molar-refractivity contribution in [3.63, 3.8) is 0 Å². The maximum atomic E-state index is 12.4. The maximum absolute atomic E-state index is 12.4. The van der Waals surface area contributed by atoms with E-state index in [0.29, 0.717) is 96.3 Å². The summed E-state index contributed by atoms with van der Waals surface area (Å²) in [5.41, 5.74) is 0. The van der Waals surface area contributed by atoms with Gasteiger partial charge in [0.25, 0.3) is 0 Å². The lowest BCUT2D eigenvalue weighted by atomic mass is 9.84. The van der Waals surface area contributed by atoms with Crippen LogP contribution < -0.4 is 0 Å². The molecule has 29 heteroatoms. The minimum atomic E-state index is -0.383. The van der Waals surface area contributed by atoms with Crippen molar-refractivity contribution >= 4 is 55.5 Å². The lowest BCUT2D eigenvalue weighted by molar-refractivity contribution is -0.160. The molecule has 0 rings (SSSR count). The van der Waals surface area contributed by atoms with E-state index in [1.165, 1.54) is 19.6 Å². The minimum absolute atomic E-state index is 0.00272. The Morgan fingerprint density at radius 3 is 0.667 bits per heavy atom. The molecule has 0 aliphatic rings. The second kappa shape index (κ2) is 76.1. The summed E-state index contributed by atoms with van der Waals surface area (Å²) in [6.07, 6.45) is 26.3. The molecule has 0 spiro atoms. The molecule has 0 aliphatic carbocycles. The average Bonchev–Trinajstić information content (AvgIpc) is 0.861. The lowest BCUT2D eigenvalue weighted by Gasteiger charge is -2.34. The van der Waals surface area contributed by atoms with Gasteiger partial charge in [0.15, 0.2) is 0 Å². The smallest absolute Gasteiger partial charge is 0.308 e. The van der Waals surface area contributed by atoms with E-state index in [1.54, 1.807) is 138 Å². The van der Waals surface area contributed by atoms with Gasteiger partial charge >= 0.3 is 29.8 Å². The van der Waals surface area contributed by atoms with E-state index in [0.717, 1.165) is 57.7 Å². The van der Waals surface area contributed by atoms with Crippen molar-refractivity contribution in [2.45, 2.75) is 378 Å². The summed E-state index contributed by atoms with van der Waals surface area (Å²) in [5.74, 6) is -0.704. The molecule has 4 amide bonds. The fraction of sp³-hybridized carbons (Fsp3) is 0.830. The number of esters is 5. The molecule has 0 aliphatic heterocycles. The Labute approximate surface area is 780 Å². The Morgan fingerprint density at radius 1 is 0.279 bits per heavy atom. The highest BCUT2D eigenvalue weighted by Gasteiger charge is 2.38. The van der Waals surface area contributed by atoms with Crippen LogP contribution >= 0.6 is 0 Å². The van der Waals surface area contributed by atoms with Crippen LogP contribution in [0.25, 0.3) is 0 Å². The van der Waals surface area contributed by atoms with Crippen molar-refractivity contribution < 1.29 is 120 Å². The van der Waals surface area contributed by atoms with Crippen LogP contribution in [-0.4, -0.2) is 273 Å². The predicted octanol–water partition coefficient (Wildman–Crippen LogP) is 16.4. The topological polar surface area (TPSA) is 347 Å². The van der Waals surface area contributed by atoms with Crippen LogP contribution in [0.5, 0.6) is 0 Å². The highest BCUT2D eigenvalue weighted by atomic mass is 16.6. The Balaban J connectivity index is -0.000000808. The average molecular weight is 1840 g/mol. The standard InChI is InChI=1S/C27H49NO7.C25H47NO6.2C24H45NO6/c1-10-22(34-25(30)11-2)17-24(32-8)19(4)13-14-23(35-26(31)12-3)21(6)27(33-9)20(5)15-16-28(7)18-29;1-10-21(28)15-23(30-8)18(4)11-12-22(32-25(29)17(2)3)20(6)24(31-9)19(5)13-14-26(7)16-27;2*1-9-20(27)15-22(29-7)17(3)11-12-21(31-23(28)10-2)19(5)24(30-8)18(4)13-14-25(6)16-26/h15-16,18-24,27H,10-14,17H2,1-9H3;13-14,16-24,28H,10-12,15H2,1-9H3;2*13-14,16-22,24,27H,9-12,15H2,1-8H3/b16-15+;3*14-13+/t19-,20+,21-,22+,23+,24-,27+;18-,19+,20-,21+,22+,23-,24+;2*17-,18+,19-,20+,21+,22-,24+/m0000/s1. The summed E-state index contributed by atoms with van der Waals surface area (Å²) in [7, 11) is 20.0. The molecule has 0 fully saturated rings. The minimum Gasteiger partial charge on any atom is -0.462 e. The first kappa shape index (κ1) is 129. The molecule has 756 valence electrons. The highest BCUT2D eigenvalue weighted by molar-refractivity contribution is 5.72. The SMILES string of the molecule is CCC(=O)O[C@H](CC)C[C@H](OC)[C@@H](C)CC[C@@H](OC(=O)CC)[C@H](C)[C@H](OC)[C@H](C)/C=C/N(C)C=O.CCC(=O)O[C@H](CC[C@H](C)[C@H](C[C@H](O)CC)OC)[C@H](C)[C@H](OC)[C@H](C)/C=C/N(C)C=O.CCC(=O)O[C@H](CC[C@H](C)[C@H](C[C@H](O)CC)OC)[C@H](C)[C@H](OC)[C@H](C)/C=C/N(C)C=O.CC[C@@H](O)C[C@H](OC)[C@@H](C)CC[C@@H](OC(=O)C(C)C)[C@H](C)[C@H](OC)[C@H](C)/C=C/N(C)C=O. The number of hydrogen-bond acceptors (Lipinski definition) is 25. The normalized spacial score (nSPS) is 18.3. The first-order valence-electron chi connectivity index (χ1n) is 47.6. The second-order valence-electron chi connectivity index (χ2n) is 35.7. The van der Waals surface area contributed by atoms with Gasteiger partial charge in [-0.1, -0.05) is 177 Å². The molecular formula is C100H186N4O25. The summed E-state index contributed by atoms with van der Waals surface area (Å²) in [6.45, 7) is 43.3. The summed E-state index contributed by atoms with van der Waals surface area (Å²) < 4.78 is 74.7. The number of nitrogens with zero attached hydrogens (tertiary/aromatic N) is 4. The van der Waals surface area contributed by atoms with Gasteiger partial charge in [0, 0.05) is 189 Å². The molecule has 0 aromatic rings. The molecule has 0 bridgehead atoms. The van der Waals surface area contributed by atoms with Crippen LogP contribution in [0.3, 0.4) is 0 Å². The van der Waals surface area contributed by atoms with Gasteiger partial charge in [0.05, 0.1) is 73.1 Å². The van der Waals surface area contributed by atoms with Gasteiger partial charge in [0.1, 0.15) is 30.5 Å². The molecule has 0 saturated heterocycles. The number of rotatable bonds is 70. The zero-order valence-corrected chi connectivity index (χ0v) is 86.4. The van der Waals surface area contributed by atoms with Crippen LogP contribution in [0, 0.1) is 76.9 Å². The van der Waals surface area contributed by atoms with Gasteiger partial charge in [-0.25, -0.2) is 0 Å². The Morgan fingerprint density at radius 2 is 0.488 bits per heavy atom. The highest BCUT2D eigenvalue weighted by Crippen LogP contribution is 2.35. The second-order valence-corrected chi connectivity index (χ2v) is 35.7. The largest absolute Gasteiger partial charge is 0.462 e. The quantitative estimate of drug-likeness (QED) is 0.0289. The van der Waals surface area contributed by atoms with Crippen molar-refractivity contribution in [1.29, 1.82) is 0 Å². The molecule has 129 heavy (non-hydrogen) atoms. The van der Waals surface area contributed by atoms with E-state index in [4.69, 9.17) is 61.6 Å². The molecule has 3 N–H and O–H groups in total. The summed E-state index contributed by atoms with van der Waals surface area (Å²) in [5, 5.41) is 30.0. The number of hydrogen-bond donors (Lipinski definition) is 3. The molecule has 0 heterocycles. The third kappa shape index (κ3) is 55.3. The third-order valence-electron chi connectivity index (χ3n) is 25.0. The Bertz CT molecular complexity index is 2930. The van der Waals surface area contributed by atoms with Crippen LogP contribution in [0.2, 0.25) is 0 Å². The zero-order chi connectivity index (χ0) is 99.8. The van der Waals surface area contributed by atoms with Crippen molar-refractivity contribution in [3.05, 3.63) is 49.1 Å². The van der Waals surface area contributed by atoms with Gasteiger partial charge in [-0.15, -0.1) is 0 Å². The number of carbonyl (C=O) groups excluding carboxylic acids is 9. The van der Waals surface area contributed by atoms with Crippen LogP contribution in [0.15, 0.2) is 49.1 Å². The first-order chi connectivity index (χ1) is 60.9. The fourth-order valence-corrected chi connectivity index (χ4v) is 15.7. The van der Waals surface area contributed by atoms with Gasteiger partial charge in [-0.05, 0) is 120 Å². The van der Waals surface area contributed by atoms with Gasteiger partial charge in [-0.3, -0.25) is 43.2 Å². The maximum Gasteiger partial charge on any atom is 0.308 e. The van der Waals surface area contributed by atoms with E-state index >= 15 is 0 Å². The molecule has 0 unspecified atom stereocenters. The Hall–Kier alpha value is -6.25.